The van der Waals surface area contributed by atoms with E-state index in [1.165, 1.54) is 6.21 Å². The number of ketones is 1. The van der Waals surface area contributed by atoms with Crippen molar-refractivity contribution in [3.05, 3.63) is 70.7 Å². The van der Waals surface area contributed by atoms with Crippen molar-refractivity contribution in [3.63, 3.8) is 0 Å². The largest absolute Gasteiger partial charge is 0.465 e. The second kappa shape index (κ2) is 8.99. The van der Waals surface area contributed by atoms with Gasteiger partial charge in [0.25, 0.3) is 0 Å². The summed E-state index contributed by atoms with van der Waals surface area (Å²) in [6, 6.07) is 16.2. The third-order valence-corrected chi connectivity index (χ3v) is 3.66. The summed E-state index contributed by atoms with van der Waals surface area (Å²) in [5, 5.41) is 0.299. The molecule has 0 bridgehead atoms. The average molecular weight is 344 g/mol. The molecule has 2 aromatic carbocycles. The molecule has 0 fully saturated rings. The fourth-order valence-corrected chi connectivity index (χ4v) is 2.37. The van der Waals surface area contributed by atoms with Crippen LogP contribution in [-0.4, -0.2) is 24.6 Å². The molecular weight excluding hydrogens is 326 g/mol. The first kappa shape index (κ1) is 17.9. The van der Waals surface area contributed by atoms with Gasteiger partial charge in [-0.05, 0) is 24.6 Å². The molecule has 0 N–H and O–H groups in total. The minimum absolute atomic E-state index is 0.192. The van der Waals surface area contributed by atoms with Gasteiger partial charge in [-0.15, -0.1) is 0 Å². The normalized spacial score (nSPS) is 12.1. The molecule has 0 spiro atoms. The van der Waals surface area contributed by atoms with E-state index in [1.807, 2.05) is 30.3 Å². The Bertz CT molecular complexity index is 728. The van der Waals surface area contributed by atoms with Crippen molar-refractivity contribution in [2.75, 3.05) is 6.61 Å². The molecule has 2 rings (SSSR count). The molecule has 0 aliphatic carbocycles. The SMILES string of the molecule is CCOC(=O)C(C=NCc1ccccc1)C(=O)c1ccccc1Cl. The second-order valence-electron chi connectivity index (χ2n) is 5.05. The Kier molecular flexibility index (Phi) is 6.70. The minimum atomic E-state index is -1.10. The van der Waals surface area contributed by atoms with Crippen LogP contribution >= 0.6 is 11.6 Å². The molecule has 0 heterocycles. The Morgan fingerprint density at radius 3 is 2.46 bits per heavy atom. The maximum atomic E-state index is 12.6. The number of ether oxygens (including phenoxy) is 1. The zero-order valence-electron chi connectivity index (χ0n) is 13.3. The van der Waals surface area contributed by atoms with E-state index in [9.17, 15) is 9.59 Å². The Morgan fingerprint density at radius 1 is 1.12 bits per heavy atom. The number of aliphatic imine (C=N–C) groups is 1. The minimum Gasteiger partial charge on any atom is -0.465 e. The monoisotopic (exact) mass is 343 g/mol. The fourth-order valence-electron chi connectivity index (χ4n) is 2.14. The maximum Gasteiger partial charge on any atom is 0.322 e. The molecule has 1 unspecified atom stereocenters. The highest BCUT2D eigenvalue weighted by Gasteiger charge is 2.28. The van der Waals surface area contributed by atoms with Gasteiger partial charge in [-0.1, -0.05) is 54.1 Å². The number of rotatable bonds is 7. The summed E-state index contributed by atoms with van der Waals surface area (Å²) in [4.78, 5) is 29.0. The van der Waals surface area contributed by atoms with Gasteiger partial charge < -0.3 is 4.74 Å². The maximum absolute atomic E-state index is 12.6. The summed E-state index contributed by atoms with van der Waals surface area (Å²) >= 11 is 6.06. The highest BCUT2D eigenvalue weighted by atomic mass is 35.5. The Labute approximate surface area is 146 Å². The van der Waals surface area contributed by atoms with Gasteiger partial charge in [0.15, 0.2) is 11.7 Å². The molecule has 0 amide bonds. The molecule has 4 nitrogen and oxygen atoms in total. The number of esters is 1. The first-order valence-electron chi connectivity index (χ1n) is 7.62. The Hall–Kier alpha value is -2.46. The predicted octanol–water partition coefficient (Wildman–Crippen LogP) is 3.97. The van der Waals surface area contributed by atoms with E-state index >= 15 is 0 Å². The van der Waals surface area contributed by atoms with Crippen LogP contribution in [0.1, 0.15) is 22.8 Å². The lowest BCUT2D eigenvalue weighted by molar-refractivity contribution is -0.143. The van der Waals surface area contributed by atoms with Crippen LogP contribution in [0.5, 0.6) is 0 Å². The molecule has 0 aliphatic heterocycles. The number of carbonyl (C=O) groups is 2. The first-order valence-corrected chi connectivity index (χ1v) is 8.00. The number of hydrogen-bond acceptors (Lipinski definition) is 4. The summed E-state index contributed by atoms with van der Waals surface area (Å²) < 4.78 is 5.00. The Morgan fingerprint density at radius 2 is 1.79 bits per heavy atom. The van der Waals surface area contributed by atoms with Gasteiger partial charge in [0.1, 0.15) is 0 Å². The number of nitrogens with zero attached hydrogens (tertiary/aromatic N) is 1. The summed E-state index contributed by atoms with van der Waals surface area (Å²) in [6.45, 7) is 2.26. The van der Waals surface area contributed by atoms with Crippen LogP contribution in [0.4, 0.5) is 0 Å². The molecule has 0 aromatic heterocycles. The van der Waals surface area contributed by atoms with E-state index in [0.717, 1.165) is 5.56 Å². The lowest BCUT2D eigenvalue weighted by Crippen LogP contribution is -2.28. The molecule has 5 heteroatoms. The van der Waals surface area contributed by atoms with Crippen molar-refractivity contribution >= 4 is 29.6 Å². The van der Waals surface area contributed by atoms with Gasteiger partial charge in [0, 0.05) is 11.8 Å². The standard InChI is InChI=1S/C19H18ClNO3/c1-2-24-19(23)16(13-21-12-14-8-4-3-5-9-14)18(22)15-10-6-7-11-17(15)20/h3-11,13,16H,2,12H2,1H3. The van der Waals surface area contributed by atoms with Crippen LogP contribution in [0, 0.1) is 5.92 Å². The third-order valence-electron chi connectivity index (χ3n) is 3.33. The zero-order valence-corrected chi connectivity index (χ0v) is 14.1. The first-order chi connectivity index (χ1) is 11.6. The quantitative estimate of drug-likeness (QED) is 0.331. The molecule has 124 valence electrons. The Balaban J connectivity index is 2.20. The van der Waals surface area contributed by atoms with Crippen molar-refractivity contribution < 1.29 is 14.3 Å². The van der Waals surface area contributed by atoms with E-state index < -0.39 is 17.7 Å². The summed E-state index contributed by atoms with van der Waals surface area (Å²) in [5.74, 6) is -2.15. The number of benzene rings is 2. The number of halogens is 1. The summed E-state index contributed by atoms with van der Waals surface area (Å²) in [5.41, 5.74) is 1.27. The van der Waals surface area contributed by atoms with E-state index in [4.69, 9.17) is 16.3 Å². The molecule has 0 saturated heterocycles. The second-order valence-corrected chi connectivity index (χ2v) is 5.46. The summed E-state index contributed by atoms with van der Waals surface area (Å²) in [7, 11) is 0. The van der Waals surface area contributed by atoms with Gasteiger partial charge in [-0.3, -0.25) is 14.6 Å². The lowest BCUT2D eigenvalue weighted by atomic mass is 9.98. The fraction of sp³-hybridized carbons (Fsp3) is 0.211. The van der Waals surface area contributed by atoms with E-state index in [1.54, 1.807) is 31.2 Å². The van der Waals surface area contributed by atoms with E-state index in [0.29, 0.717) is 11.6 Å². The van der Waals surface area contributed by atoms with Gasteiger partial charge >= 0.3 is 5.97 Å². The highest BCUT2D eigenvalue weighted by Crippen LogP contribution is 2.19. The molecule has 2 aromatic rings. The van der Waals surface area contributed by atoms with Gasteiger partial charge in [0.05, 0.1) is 18.2 Å². The topological polar surface area (TPSA) is 55.7 Å². The van der Waals surface area contributed by atoms with E-state index in [2.05, 4.69) is 4.99 Å². The van der Waals surface area contributed by atoms with Gasteiger partial charge in [-0.2, -0.15) is 0 Å². The highest BCUT2D eigenvalue weighted by molar-refractivity contribution is 6.35. The van der Waals surface area contributed by atoms with Crippen LogP contribution in [0.15, 0.2) is 59.6 Å². The molecule has 0 radical (unpaired) electrons. The predicted molar refractivity (Wildman–Crippen MR) is 94.5 cm³/mol. The van der Waals surface area contributed by atoms with E-state index in [-0.39, 0.29) is 12.2 Å². The molecule has 0 saturated carbocycles. The molecule has 1 atom stereocenters. The van der Waals surface area contributed by atoms with Crippen LogP contribution in [0.25, 0.3) is 0 Å². The lowest BCUT2D eigenvalue weighted by Gasteiger charge is -2.11. The zero-order chi connectivity index (χ0) is 17.4. The van der Waals surface area contributed by atoms with Gasteiger partial charge in [0.2, 0.25) is 0 Å². The summed E-state index contributed by atoms with van der Waals surface area (Å²) in [6.07, 6.45) is 1.34. The van der Waals surface area contributed by atoms with Gasteiger partial charge in [-0.25, -0.2) is 0 Å². The van der Waals surface area contributed by atoms with Crippen molar-refractivity contribution in [2.24, 2.45) is 10.9 Å². The van der Waals surface area contributed by atoms with Crippen LogP contribution in [0.2, 0.25) is 5.02 Å². The van der Waals surface area contributed by atoms with Crippen molar-refractivity contribution in [2.45, 2.75) is 13.5 Å². The van der Waals surface area contributed by atoms with Crippen molar-refractivity contribution in [1.82, 2.24) is 0 Å². The average Bonchev–Trinajstić information content (AvgIpc) is 2.60. The molecule has 24 heavy (non-hydrogen) atoms. The molecular formula is C19H18ClNO3. The van der Waals surface area contributed by atoms with Crippen molar-refractivity contribution in [1.29, 1.82) is 0 Å². The van der Waals surface area contributed by atoms with Crippen LogP contribution in [0.3, 0.4) is 0 Å². The van der Waals surface area contributed by atoms with Crippen LogP contribution in [-0.2, 0) is 16.1 Å². The third kappa shape index (κ3) is 4.77. The molecule has 0 aliphatic rings. The number of hydrogen-bond donors (Lipinski definition) is 0. The van der Waals surface area contributed by atoms with Crippen molar-refractivity contribution in [3.8, 4) is 0 Å². The number of Topliss-reactive ketones (excluding diaryl/α,β-unsaturated/α-hetero) is 1. The number of carbonyl (C=O) groups excluding carboxylic acids is 2. The smallest absolute Gasteiger partial charge is 0.322 e. The van der Waals surface area contributed by atoms with Crippen LogP contribution < -0.4 is 0 Å².